The molecule has 1 aliphatic rings. The van der Waals surface area contributed by atoms with Gasteiger partial charge in [0.2, 0.25) is 0 Å². The van der Waals surface area contributed by atoms with Crippen molar-refractivity contribution in [3.05, 3.63) is 65.0 Å². The van der Waals surface area contributed by atoms with Crippen LogP contribution in [0.4, 0.5) is 5.69 Å². The third-order valence-corrected chi connectivity index (χ3v) is 4.16. The summed E-state index contributed by atoms with van der Waals surface area (Å²) < 4.78 is 17.1. The van der Waals surface area contributed by atoms with E-state index in [0.29, 0.717) is 29.4 Å². The summed E-state index contributed by atoms with van der Waals surface area (Å²) >= 11 is 0. The molecule has 1 saturated heterocycles. The van der Waals surface area contributed by atoms with Gasteiger partial charge in [0.05, 0.1) is 25.9 Å². The van der Waals surface area contributed by atoms with Crippen molar-refractivity contribution in [2.24, 2.45) is 0 Å². The van der Waals surface area contributed by atoms with Gasteiger partial charge < -0.3 is 19.3 Å². The highest BCUT2D eigenvalue weighted by molar-refractivity contribution is 5.53. The molecule has 2 aromatic carbocycles. The van der Waals surface area contributed by atoms with Crippen LogP contribution < -0.4 is 4.74 Å². The van der Waals surface area contributed by atoms with Gasteiger partial charge in [0.1, 0.15) is 11.5 Å². The monoisotopic (exact) mass is 339 g/mol. The van der Waals surface area contributed by atoms with Crippen LogP contribution in [0.3, 0.4) is 0 Å². The molecule has 1 N–H and O–H groups in total. The molecule has 0 aliphatic carbocycles. The molecule has 25 heavy (non-hydrogen) atoms. The molecular formula is C20H21NO4. The van der Waals surface area contributed by atoms with Crippen LogP contribution in [0.15, 0.2) is 42.5 Å². The van der Waals surface area contributed by atoms with E-state index in [4.69, 9.17) is 20.8 Å². The van der Waals surface area contributed by atoms with Crippen molar-refractivity contribution in [2.75, 3.05) is 13.2 Å². The van der Waals surface area contributed by atoms with Crippen LogP contribution in [0.5, 0.6) is 11.5 Å². The predicted molar refractivity (Wildman–Crippen MR) is 93.8 cm³/mol. The maximum Gasteiger partial charge on any atom is 0.190 e. The molecule has 1 heterocycles. The van der Waals surface area contributed by atoms with Crippen molar-refractivity contribution in [1.82, 2.24) is 0 Å². The van der Waals surface area contributed by atoms with E-state index >= 15 is 0 Å². The van der Waals surface area contributed by atoms with E-state index in [9.17, 15) is 5.11 Å². The standard InChI is InChI=1S/C20H21NO4/c1-21-17-5-4-16(13-22)20(12-17)25-19-6-2-15(3-7-19)14-24-18-8-10-23-11-9-18/h2-7,12,18,22H,8-11,13-14H2. The van der Waals surface area contributed by atoms with Crippen molar-refractivity contribution in [3.8, 4) is 11.5 Å². The Bertz CT molecular complexity index is 730. The lowest BCUT2D eigenvalue weighted by molar-refractivity contribution is -0.0390. The largest absolute Gasteiger partial charge is 0.458 e. The fraction of sp³-hybridized carbons (Fsp3) is 0.350. The van der Waals surface area contributed by atoms with E-state index in [2.05, 4.69) is 4.85 Å². The molecule has 0 bridgehead atoms. The summed E-state index contributed by atoms with van der Waals surface area (Å²) in [6, 6.07) is 12.7. The third kappa shape index (κ3) is 4.80. The van der Waals surface area contributed by atoms with E-state index in [1.54, 1.807) is 18.2 Å². The minimum Gasteiger partial charge on any atom is -0.458 e. The minimum atomic E-state index is -0.134. The predicted octanol–water partition coefficient (Wildman–Crippen LogP) is 4.22. The summed E-state index contributed by atoms with van der Waals surface area (Å²) in [5.74, 6) is 1.16. The fourth-order valence-corrected chi connectivity index (χ4v) is 2.68. The summed E-state index contributed by atoms with van der Waals surface area (Å²) in [4.78, 5) is 3.39. The molecule has 0 amide bonds. The van der Waals surface area contributed by atoms with Gasteiger partial charge in [0, 0.05) is 18.8 Å². The smallest absolute Gasteiger partial charge is 0.190 e. The highest BCUT2D eigenvalue weighted by atomic mass is 16.5. The molecule has 130 valence electrons. The zero-order chi connectivity index (χ0) is 17.5. The molecule has 2 aromatic rings. The highest BCUT2D eigenvalue weighted by Crippen LogP contribution is 2.30. The van der Waals surface area contributed by atoms with Crippen molar-refractivity contribution in [3.63, 3.8) is 0 Å². The van der Waals surface area contributed by atoms with Gasteiger partial charge in [-0.05, 0) is 36.6 Å². The molecule has 5 nitrogen and oxygen atoms in total. The number of hydrogen-bond acceptors (Lipinski definition) is 4. The van der Waals surface area contributed by atoms with E-state index in [-0.39, 0.29) is 12.7 Å². The Morgan fingerprint density at radius 2 is 1.88 bits per heavy atom. The van der Waals surface area contributed by atoms with Crippen molar-refractivity contribution < 1.29 is 19.3 Å². The first-order valence-electron chi connectivity index (χ1n) is 8.36. The van der Waals surface area contributed by atoms with Gasteiger partial charge >= 0.3 is 0 Å². The SMILES string of the molecule is [C-]#[N+]c1ccc(CO)c(Oc2ccc(COC3CCOCC3)cc2)c1. The lowest BCUT2D eigenvalue weighted by Gasteiger charge is -2.22. The number of nitrogens with zero attached hydrogens (tertiary/aromatic N) is 1. The fourth-order valence-electron chi connectivity index (χ4n) is 2.68. The second-order valence-electron chi connectivity index (χ2n) is 5.93. The highest BCUT2D eigenvalue weighted by Gasteiger charge is 2.14. The summed E-state index contributed by atoms with van der Waals surface area (Å²) in [5.41, 5.74) is 2.21. The average molecular weight is 339 g/mol. The number of hydrogen-bond donors (Lipinski definition) is 1. The zero-order valence-corrected chi connectivity index (χ0v) is 14.0. The van der Waals surface area contributed by atoms with Crippen molar-refractivity contribution in [1.29, 1.82) is 0 Å². The minimum absolute atomic E-state index is 0.134. The molecule has 0 unspecified atom stereocenters. The third-order valence-electron chi connectivity index (χ3n) is 4.16. The summed E-state index contributed by atoms with van der Waals surface area (Å²) in [6.07, 6.45) is 2.17. The van der Waals surface area contributed by atoms with Crippen LogP contribution in [-0.2, 0) is 22.7 Å². The molecule has 1 aliphatic heterocycles. The summed E-state index contributed by atoms with van der Waals surface area (Å²) in [6.45, 7) is 9.07. The Morgan fingerprint density at radius 3 is 2.56 bits per heavy atom. The first-order valence-corrected chi connectivity index (χ1v) is 8.36. The van der Waals surface area contributed by atoms with Crippen molar-refractivity contribution in [2.45, 2.75) is 32.2 Å². The number of benzene rings is 2. The number of rotatable bonds is 6. The zero-order valence-electron chi connectivity index (χ0n) is 14.0. The Kier molecular flexibility index (Phi) is 6.02. The van der Waals surface area contributed by atoms with Crippen LogP contribution >= 0.6 is 0 Å². The lowest BCUT2D eigenvalue weighted by atomic mass is 10.1. The van der Waals surface area contributed by atoms with E-state index in [1.165, 1.54) is 0 Å². The number of aliphatic hydroxyl groups is 1. The Morgan fingerprint density at radius 1 is 1.12 bits per heavy atom. The average Bonchev–Trinajstić information content (AvgIpc) is 2.68. The van der Waals surface area contributed by atoms with E-state index in [1.807, 2.05) is 24.3 Å². The topological polar surface area (TPSA) is 52.3 Å². The van der Waals surface area contributed by atoms with Crippen LogP contribution in [0.1, 0.15) is 24.0 Å². The van der Waals surface area contributed by atoms with Gasteiger partial charge in [-0.2, -0.15) is 0 Å². The normalized spacial score (nSPS) is 14.9. The molecule has 0 aromatic heterocycles. The Balaban J connectivity index is 1.61. The molecule has 3 rings (SSSR count). The second kappa shape index (κ2) is 8.63. The molecule has 0 spiro atoms. The maximum atomic E-state index is 9.42. The first-order chi connectivity index (χ1) is 12.3. The van der Waals surface area contributed by atoms with Gasteiger partial charge in [0.25, 0.3) is 0 Å². The molecule has 1 fully saturated rings. The molecule has 5 heteroatoms. The van der Waals surface area contributed by atoms with Crippen LogP contribution in [0.2, 0.25) is 0 Å². The molecular weight excluding hydrogens is 318 g/mol. The first kappa shape index (κ1) is 17.4. The van der Waals surface area contributed by atoms with Crippen molar-refractivity contribution >= 4 is 5.69 Å². The molecule has 0 saturated carbocycles. The number of ether oxygens (including phenoxy) is 3. The van der Waals surface area contributed by atoms with Gasteiger partial charge in [-0.3, -0.25) is 0 Å². The molecule has 0 radical (unpaired) electrons. The Hall–Kier alpha value is -2.39. The molecule has 0 atom stereocenters. The van der Waals surface area contributed by atoms with Crippen LogP contribution in [-0.4, -0.2) is 24.4 Å². The quantitative estimate of drug-likeness (QED) is 0.801. The van der Waals surface area contributed by atoms with Gasteiger partial charge in [-0.25, -0.2) is 4.85 Å². The second-order valence-corrected chi connectivity index (χ2v) is 5.93. The van der Waals surface area contributed by atoms with Gasteiger partial charge in [-0.1, -0.05) is 24.3 Å². The maximum absolute atomic E-state index is 9.42. The van der Waals surface area contributed by atoms with E-state index < -0.39 is 0 Å². The lowest BCUT2D eigenvalue weighted by Crippen LogP contribution is -2.23. The van der Waals surface area contributed by atoms with Crippen LogP contribution in [0.25, 0.3) is 4.85 Å². The Labute approximate surface area is 147 Å². The summed E-state index contributed by atoms with van der Waals surface area (Å²) in [7, 11) is 0. The van der Waals surface area contributed by atoms with Gasteiger partial charge in [-0.15, -0.1) is 0 Å². The number of aliphatic hydroxyl groups excluding tert-OH is 1. The summed E-state index contributed by atoms with van der Waals surface area (Å²) in [5, 5.41) is 9.42. The van der Waals surface area contributed by atoms with Crippen LogP contribution in [0, 0.1) is 6.57 Å². The van der Waals surface area contributed by atoms with E-state index in [0.717, 1.165) is 31.6 Å². The van der Waals surface area contributed by atoms with Gasteiger partial charge in [0.15, 0.2) is 5.69 Å².